The maximum Gasteiger partial charge on any atom is 0.225 e. The van der Waals surface area contributed by atoms with Gasteiger partial charge in [0.05, 0.1) is 5.60 Å². The number of hydrogen-bond donors (Lipinski definition) is 2. The molecule has 6 nitrogen and oxygen atoms in total. The van der Waals surface area contributed by atoms with Gasteiger partial charge in [-0.15, -0.1) is 0 Å². The van der Waals surface area contributed by atoms with Crippen LogP contribution < -0.4 is 4.74 Å². The highest BCUT2D eigenvalue weighted by Crippen LogP contribution is 2.78. The topological polar surface area (TPSA) is 79.2 Å². The highest BCUT2D eigenvalue weighted by atomic mass is 16.6. The molecule has 1 saturated heterocycles. The van der Waals surface area contributed by atoms with Crippen molar-refractivity contribution in [3.8, 4) is 11.5 Å². The third kappa shape index (κ3) is 2.32. The summed E-state index contributed by atoms with van der Waals surface area (Å²) in [6.45, 7) is 9.20. The molecule has 0 radical (unpaired) electrons. The van der Waals surface area contributed by atoms with Gasteiger partial charge in [0.1, 0.15) is 11.7 Å². The summed E-state index contributed by atoms with van der Waals surface area (Å²) >= 11 is 0. The van der Waals surface area contributed by atoms with E-state index < -0.39 is 11.2 Å². The Hall–Kier alpha value is -1.79. The molecule has 1 aromatic rings. The number of phenolic OH excluding ortho intramolecular Hbond substituents is 1. The summed E-state index contributed by atoms with van der Waals surface area (Å²) in [5.41, 5.74) is -0.0993. The SMILES string of the molecule is CCC(C)(C)[C@@](C)(O)[C@H]1C[C@@]23CC[C@]1(OC)[C@@H]1Oc4c(O)ccc5c4[C@@]12CCN(C(=O)C1CC1)[C@@H]3C5. The van der Waals surface area contributed by atoms with E-state index in [9.17, 15) is 15.0 Å². The van der Waals surface area contributed by atoms with Gasteiger partial charge in [-0.05, 0) is 75.3 Å². The lowest BCUT2D eigenvalue weighted by Crippen LogP contribution is -2.83. The summed E-state index contributed by atoms with van der Waals surface area (Å²) in [6, 6.07) is 3.91. The Morgan fingerprint density at radius 2 is 1.97 bits per heavy atom. The smallest absolute Gasteiger partial charge is 0.225 e. The predicted octanol–water partition coefficient (Wildman–Crippen LogP) is 4.33. The van der Waals surface area contributed by atoms with Crippen LogP contribution in [-0.4, -0.2) is 58.0 Å². The minimum absolute atomic E-state index is 0.0895. The number of amides is 1. The number of fused-ring (bicyclic) bond motifs is 2. The number of hydrogen-bond acceptors (Lipinski definition) is 5. The van der Waals surface area contributed by atoms with Gasteiger partial charge in [0.2, 0.25) is 5.91 Å². The Kier molecular flexibility index (Phi) is 4.40. The molecule has 1 aromatic carbocycles. The van der Waals surface area contributed by atoms with Crippen LogP contribution in [0.5, 0.6) is 11.5 Å². The van der Waals surface area contributed by atoms with Crippen molar-refractivity contribution in [2.45, 2.75) is 108 Å². The molecular weight excluding hydrogens is 454 g/mol. The molecule has 2 heterocycles. The summed E-state index contributed by atoms with van der Waals surface area (Å²) in [7, 11) is 1.79. The molecule has 1 amide bonds. The molecule has 8 rings (SSSR count). The average Bonchev–Trinajstić information content (AvgIpc) is 3.64. The first kappa shape index (κ1) is 23.3. The van der Waals surface area contributed by atoms with Gasteiger partial charge in [-0.3, -0.25) is 4.79 Å². The van der Waals surface area contributed by atoms with Crippen molar-refractivity contribution >= 4 is 5.91 Å². The zero-order valence-electron chi connectivity index (χ0n) is 22.4. The van der Waals surface area contributed by atoms with E-state index in [1.807, 2.05) is 6.92 Å². The van der Waals surface area contributed by atoms with Crippen molar-refractivity contribution in [3.05, 3.63) is 23.3 Å². The molecule has 0 aromatic heterocycles. The highest BCUT2D eigenvalue weighted by molar-refractivity contribution is 5.82. The van der Waals surface area contributed by atoms with Crippen LogP contribution in [0.15, 0.2) is 12.1 Å². The van der Waals surface area contributed by atoms with Crippen molar-refractivity contribution in [1.82, 2.24) is 4.90 Å². The number of carbonyl (C=O) groups is 1. The summed E-state index contributed by atoms with van der Waals surface area (Å²) < 4.78 is 13.4. The quantitative estimate of drug-likeness (QED) is 0.636. The van der Waals surface area contributed by atoms with Crippen LogP contribution in [0.3, 0.4) is 0 Å². The van der Waals surface area contributed by atoms with Gasteiger partial charge < -0.3 is 24.6 Å². The Balaban J connectivity index is 1.48. The average molecular weight is 496 g/mol. The summed E-state index contributed by atoms with van der Waals surface area (Å²) in [4.78, 5) is 15.9. The lowest BCUT2D eigenvalue weighted by Gasteiger charge is -2.75. The standard InChI is InChI=1S/C30H41NO5/c1-6-26(2,3)27(4,34)20-16-28-11-12-30(20,35-5)25-29(28)13-14-31(24(33)17-7-8-17)21(28)15-18-9-10-19(32)23(36-25)22(18)29/h9-10,17,20-21,25,32,34H,6-8,11-16H2,1-5H3/t20-,21-,25-,27+,28-,29+,30-/m1/s1. The first-order valence-corrected chi connectivity index (χ1v) is 14.1. The third-order valence-corrected chi connectivity index (χ3v) is 12.5. The first-order valence-electron chi connectivity index (χ1n) is 14.1. The number of methoxy groups -OCH3 is 1. The van der Waals surface area contributed by atoms with E-state index in [4.69, 9.17) is 9.47 Å². The molecule has 7 atom stereocenters. The fraction of sp³-hybridized carbons (Fsp3) is 0.767. The Labute approximate surface area is 214 Å². The van der Waals surface area contributed by atoms with Crippen molar-refractivity contribution in [2.75, 3.05) is 13.7 Å². The first-order chi connectivity index (χ1) is 17.0. The number of piperidine rings is 1. The lowest BCUT2D eigenvalue weighted by molar-refractivity contribution is -0.312. The number of phenols is 1. The molecule has 196 valence electrons. The minimum Gasteiger partial charge on any atom is -0.504 e. The normalized spacial score (nSPS) is 41.5. The van der Waals surface area contributed by atoms with Gasteiger partial charge >= 0.3 is 0 Å². The summed E-state index contributed by atoms with van der Waals surface area (Å²) in [5, 5.41) is 23.4. The van der Waals surface area contributed by atoms with E-state index in [1.165, 1.54) is 11.1 Å². The van der Waals surface area contributed by atoms with Crippen LogP contribution in [0.4, 0.5) is 0 Å². The maximum atomic E-state index is 13.6. The fourth-order valence-electron chi connectivity index (χ4n) is 9.77. The zero-order chi connectivity index (χ0) is 25.5. The van der Waals surface area contributed by atoms with Crippen molar-refractivity contribution in [2.24, 2.45) is 22.7 Å². The summed E-state index contributed by atoms with van der Waals surface area (Å²) in [5.74, 6) is 1.19. The van der Waals surface area contributed by atoms with E-state index in [2.05, 4.69) is 31.7 Å². The molecular formula is C30H41NO5. The Morgan fingerprint density at radius 1 is 1.22 bits per heavy atom. The van der Waals surface area contributed by atoms with Crippen LogP contribution in [0.25, 0.3) is 0 Å². The molecule has 6 heteroatoms. The van der Waals surface area contributed by atoms with Gasteiger partial charge in [-0.1, -0.05) is 26.8 Å². The molecule has 2 aliphatic heterocycles. The largest absolute Gasteiger partial charge is 0.504 e. The highest BCUT2D eigenvalue weighted by Gasteiger charge is 2.82. The second kappa shape index (κ2) is 6.79. The van der Waals surface area contributed by atoms with Gasteiger partial charge in [-0.2, -0.15) is 0 Å². The molecule has 4 bridgehead atoms. The molecule has 5 fully saturated rings. The molecule has 5 aliphatic carbocycles. The molecule has 4 saturated carbocycles. The third-order valence-electron chi connectivity index (χ3n) is 12.5. The number of nitrogens with zero attached hydrogens (tertiary/aromatic N) is 1. The predicted molar refractivity (Wildman–Crippen MR) is 135 cm³/mol. The van der Waals surface area contributed by atoms with Crippen molar-refractivity contribution in [1.29, 1.82) is 0 Å². The van der Waals surface area contributed by atoms with Crippen LogP contribution in [-0.2, 0) is 21.4 Å². The summed E-state index contributed by atoms with van der Waals surface area (Å²) in [6.07, 6.45) is 6.76. The van der Waals surface area contributed by atoms with Gasteiger partial charge in [0.15, 0.2) is 11.5 Å². The Bertz CT molecular complexity index is 1160. The van der Waals surface area contributed by atoms with Gasteiger partial charge in [0.25, 0.3) is 0 Å². The number of aliphatic hydroxyl groups is 1. The van der Waals surface area contributed by atoms with E-state index in [0.29, 0.717) is 11.7 Å². The fourth-order valence-corrected chi connectivity index (χ4v) is 9.77. The van der Waals surface area contributed by atoms with Crippen LogP contribution in [0, 0.1) is 22.7 Å². The van der Waals surface area contributed by atoms with E-state index >= 15 is 0 Å². The number of likely N-dealkylation sites (tertiary alicyclic amines) is 1. The second-order valence-electron chi connectivity index (χ2n) is 13.6. The van der Waals surface area contributed by atoms with E-state index in [-0.39, 0.29) is 46.0 Å². The van der Waals surface area contributed by atoms with E-state index in [0.717, 1.165) is 57.9 Å². The van der Waals surface area contributed by atoms with Crippen molar-refractivity contribution < 1.29 is 24.5 Å². The van der Waals surface area contributed by atoms with Crippen molar-refractivity contribution in [3.63, 3.8) is 0 Å². The molecule has 2 N–H and O–H groups in total. The van der Waals surface area contributed by atoms with Crippen LogP contribution in [0.1, 0.15) is 83.8 Å². The van der Waals surface area contributed by atoms with Gasteiger partial charge in [0, 0.05) is 47.9 Å². The monoisotopic (exact) mass is 495 g/mol. The number of rotatable bonds is 5. The molecule has 36 heavy (non-hydrogen) atoms. The minimum atomic E-state index is -0.993. The zero-order valence-corrected chi connectivity index (χ0v) is 22.4. The Morgan fingerprint density at radius 3 is 2.64 bits per heavy atom. The molecule has 2 spiro atoms. The second-order valence-corrected chi connectivity index (χ2v) is 13.6. The molecule has 7 aliphatic rings. The van der Waals surface area contributed by atoms with Gasteiger partial charge in [-0.25, -0.2) is 0 Å². The lowest BCUT2D eigenvalue weighted by atomic mass is 9.33. The maximum absolute atomic E-state index is 13.6. The van der Waals surface area contributed by atoms with Crippen LogP contribution >= 0.6 is 0 Å². The number of benzene rings is 1. The number of aromatic hydroxyl groups is 1. The molecule has 0 unspecified atom stereocenters. The number of carbonyl (C=O) groups excluding carboxylic acids is 1. The number of ether oxygens (including phenoxy) is 2. The van der Waals surface area contributed by atoms with Crippen LogP contribution in [0.2, 0.25) is 0 Å². The van der Waals surface area contributed by atoms with E-state index in [1.54, 1.807) is 13.2 Å².